The van der Waals surface area contributed by atoms with Gasteiger partial charge in [-0.15, -0.1) is 0 Å². The van der Waals surface area contributed by atoms with Gasteiger partial charge in [-0.2, -0.15) is 0 Å². The van der Waals surface area contributed by atoms with Gasteiger partial charge in [0.2, 0.25) is 5.56 Å². The Hall–Kier alpha value is -1.66. The molecule has 1 aromatic rings. The van der Waals surface area contributed by atoms with E-state index in [9.17, 15) is 9.59 Å². The number of aromatic nitrogens is 1. The predicted octanol–water partition coefficient (Wildman–Crippen LogP) is 0.391. The van der Waals surface area contributed by atoms with E-state index in [1.165, 1.54) is 12.3 Å². The molecule has 6 nitrogen and oxygen atoms in total. The third kappa shape index (κ3) is 4.47. The van der Waals surface area contributed by atoms with E-state index in [0.717, 1.165) is 25.7 Å². The van der Waals surface area contributed by atoms with Crippen LogP contribution in [0.3, 0.4) is 0 Å². The van der Waals surface area contributed by atoms with Gasteiger partial charge in [-0.1, -0.05) is 0 Å². The molecular weight excluding hydrogens is 258 g/mol. The van der Waals surface area contributed by atoms with E-state index in [-0.39, 0.29) is 17.6 Å². The molecule has 0 unspecified atom stereocenters. The molecule has 1 amide bonds. The lowest BCUT2D eigenvalue weighted by Crippen LogP contribution is -2.33. The second kappa shape index (κ2) is 7.21. The molecule has 1 saturated carbocycles. The number of aromatic amines is 1. The first-order valence-corrected chi connectivity index (χ1v) is 6.99. The topological polar surface area (TPSA) is 97.2 Å². The van der Waals surface area contributed by atoms with Crippen LogP contribution in [-0.4, -0.2) is 36.2 Å². The summed E-state index contributed by atoms with van der Waals surface area (Å²) in [4.78, 5) is 25.3. The van der Waals surface area contributed by atoms with E-state index in [4.69, 9.17) is 10.5 Å². The Labute approximate surface area is 117 Å². The first-order chi connectivity index (χ1) is 9.65. The Morgan fingerprint density at radius 2 is 2.15 bits per heavy atom. The minimum Gasteiger partial charge on any atom is -0.376 e. The summed E-state index contributed by atoms with van der Waals surface area (Å²) in [5.74, 6) is -0.259. The van der Waals surface area contributed by atoms with Gasteiger partial charge in [-0.05, 0) is 31.7 Å². The third-order valence-electron chi connectivity index (χ3n) is 3.50. The molecule has 0 spiro atoms. The van der Waals surface area contributed by atoms with E-state index in [2.05, 4.69) is 10.3 Å². The van der Waals surface area contributed by atoms with Crippen molar-refractivity contribution in [3.05, 3.63) is 34.2 Å². The summed E-state index contributed by atoms with van der Waals surface area (Å²) in [5, 5.41) is 2.73. The summed E-state index contributed by atoms with van der Waals surface area (Å²) in [6.07, 6.45) is 5.70. The molecule has 20 heavy (non-hydrogen) atoms. The summed E-state index contributed by atoms with van der Waals surface area (Å²) >= 11 is 0. The summed E-state index contributed by atoms with van der Waals surface area (Å²) in [6, 6.07) is 3.16. The molecule has 0 bridgehead atoms. The molecule has 1 aliphatic rings. The highest BCUT2D eigenvalue weighted by Gasteiger charge is 2.18. The molecule has 4 N–H and O–H groups in total. The van der Waals surface area contributed by atoms with E-state index in [1.54, 1.807) is 6.07 Å². The lowest BCUT2D eigenvalue weighted by molar-refractivity contribution is 0.0267. The number of H-pyrrole nitrogens is 1. The molecule has 1 aliphatic carbocycles. The fourth-order valence-electron chi connectivity index (χ4n) is 2.33. The first-order valence-electron chi connectivity index (χ1n) is 6.99. The van der Waals surface area contributed by atoms with Crippen LogP contribution in [0.25, 0.3) is 0 Å². The van der Waals surface area contributed by atoms with Gasteiger partial charge in [0.25, 0.3) is 5.91 Å². The zero-order chi connectivity index (χ0) is 14.4. The van der Waals surface area contributed by atoms with Crippen molar-refractivity contribution >= 4 is 5.91 Å². The second-order valence-electron chi connectivity index (χ2n) is 5.11. The molecule has 0 aromatic carbocycles. The molecule has 0 radical (unpaired) electrons. The average Bonchev–Trinajstić information content (AvgIpc) is 2.45. The Morgan fingerprint density at radius 3 is 2.85 bits per heavy atom. The molecule has 1 aromatic heterocycles. The van der Waals surface area contributed by atoms with Gasteiger partial charge in [-0.3, -0.25) is 9.59 Å². The molecule has 2 rings (SSSR count). The van der Waals surface area contributed by atoms with Crippen molar-refractivity contribution in [2.45, 2.75) is 37.8 Å². The number of nitrogens with one attached hydrogen (secondary N) is 2. The molecule has 110 valence electrons. The molecule has 1 heterocycles. The smallest absolute Gasteiger partial charge is 0.251 e. The number of nitrogens with two attached hydrogens (primary N) is 1. The lowest BCUT2D eigenvalue weighted by atomic mass is 9.94. The molecular formula is C14H21N3O3. The summed E-state index contributed by atoms with van der Waals surface area (Å²) < 4.78 is 5.70. The van der Waals surface area contributed by atoms with Gasteiger partial charge < -0.3 is 20.8 Å². The number of hydrogen-bond donors (Lipinski definition) is 3. The number of rotatable bonds is 5. The number of ether oxygens (including phenoxy) is 1. The fourth-order valence-corrected chi connectivity index (χ4v) is 2.33. The Morgan fingerprint density at radius 1 is 1.40 bits per heavy atom. The van der Waals surface area contributed by atoms with Crippen molar-refractivity contribution < 1.29 is 9.53 Å². The van der Waals surface area contributed by atoms with Crippen LogP contribution in [0.15, 0.2) is 23.1 Å². The van der Waals surface area contributed by atoms with Crippen LogP contribution in [0.4, 0.5) is 0 Å². The van der Waals surface area contributed by atoms with Crippen LogP contribution >= 0.6 is 0 Å². The van der Waals surface area contributed by atoms with Crippen molar-refractivity contribution in [2.24, 2.45) is 5.73 Å². The van der Waals surface area contributed by atoms with Gasteiger partial charge in [0.05, 0.1) is 12.7 Å². The highest BCUT2D eigenvalue weighted by molar-refractivity contribution is 5.93. The SMILES string of the molecule is NC1CCC(OCCNC(=O)c2cc[nH]c(=O)c2)CC1. The van der Waals surface area contributed by atoms with Crippen molar-refractivity contribution in [3.63, 3.8) is 0 Å². The van der Waals surface area contributed by atoms with E-state index >= 15 is 0 Å². The quantitative estimate of drug-likeness (QED) is 0.679. The Bertz CT molecular complexity index is 492. The Balaban J connectivity index is 1.66. The van der Waals surface area contributed by atoms with Crippen LogP contribution in [-0.2, 0) is 4.74 Å². The van der Waals surface area contributed by atoms with Crippen molar-refractivity contribution in [1.29, 1.82) is 0 Å². The van der Waals surface area contributed by atoms with Crippen LogP contribution in [0.5, 0.6) is 0 Å². The fraction of sp³-hybridized carbons (Fsp3) is 0.571. The average molecular weight is 279 g/mol. The van der Waals surface area contributed by atoms with Gasteiger partial charge in [0.15, 0.2) is 0 Å². The second-order valence-corrected chi connectivity index (χ2v) is 5.11. The maximum absolute atomic E-state index is 11.8. The zero-order valence-electron chi connectivity index (χ0n) is 11.4. The third-order valence-corrected chi connectivity index (χ3v) is 3.50. The molecule has 0 saturated heterocycles. The summed E-state index contributed by atoms with van der Waals surface area (Å²) in [6.45, 7) is 0.920. The zero-order valence-corrected chi connectivity index (χ0v) is 11.4. The molecule has 6 heteroatoms. The van der Waals surface area contributed by atoms with Crippen LogP contribution in [0.1, 0.15) is 36.0 Å². The normalized spacial score (nSPS) is 22.4. The standard InChI is InChI=1S/C14H21N3O3/c15-11-1-3-12(4-2-11)20-8-7-17-14(19)10-5-6-16-13(18)9-10/h5-6,9,11-12H,1-4,7-8,15H2,(H,16,18)(H,17,19). The molecule has 1 fully saturated rings. The number of hydrogen-bond acceptors (Lipinski definition) is 4. The van der Waals surface area contributed by atoms with Gasteiger partial charge >= 0.3 is 0 Å². The van der Waals surface area contributed by atoms with Gasteiger partial charge in [0.1, 0.15) is 0 Å². The highest BCUT2D eigenvalue weighted by Crippen LogP contribution is 2.19. The largest absolute Gasteiger partial charge is 0.376 e. The molecule has 0 aliphatic heterocycles. The van der Waals surface area contributed by atoms with E-state index in [0.29, 0.717) is 24.8 Å². The maximum atomic E-state index is 11.8. The maximum Gasteiger partial charge on any atom is 0.251 e. The van der Waals surface area contributed by atoms with Crippen LogP contribution in [0, 0.1) is 0 Å². The minimum atomic E-state index is -0.285. The number of carbonyl (C=O) groups excluding carboxylic acids is 1. The first kappa shape index (κ1) is 14.7. The van der Waals surface area contributed by atoms with E-state index in [1.807, 2.05) is 0 Å². The monoisotopic (exact) mass is 279 g/mol. The lowest BCUT2D eigenvalue weighted by Gasteiger charge is -2.26. The predicted molar refractivity (Wildman–Crippen MR) is 75.6 cm³/mol. The Kier molecular flexibility index (Phi) is 5.31. The number of pyridine rings is 1. The number of amides is 1. The number of carbonyl (C=O) groups is 1. The highest BCUT2D eigenvalue weighted by atomic mass is 16.5. The van der Waals surface area contributed by atoms with Crippen molar-refractivity contribution in [1.82, 2.24) is 10.3 Å². The summed E-state index contributed by atoms with van der Waals surface area (Å²) in [7, 11) is 0. The van der Waals surface area contributed by atoms with Gasteiger partial charge in [0, 0.05) is 30.4 Å². The van der Waals surface area contributed by atoms with Crippen molar-refractivity contribution in [2.75, 3.05) is 13.2 Å². The van der Waals surface area contributed by atoms with E-state index < -0.39 is 0 Å². The van der Waals surface area contributed by atoms with Crippen molar-refractivity contribution in [3.8, 4) is 0 Å². The van der Waals surface area contributed by atoms with Gasteiger partial charge in [-0.25, -0.2) is 0 Å². The summed E-state index contributed by atoms with van der Waals surface area (Å²) in [5.41, 5.74) is 5.90. The molecule has 0 atom stereocenters. The van der Waals surface area contributed by atoms with Crippen LogP contribution in [0.2, 0.25) is 0 Å². The van der Waals surface area contributed by atoms with Crippen LogP contribution < -0.4 is 16.6 Å². The minimum absolute atomic E-state index is 0.256.